The van der Waals surface area contributed by atoms with E-state index in [0.717, 1.165) is 10.5 Å². The van der Waals surface area contributed by atoms with Crippen molar-refractivity contribution in [1.29, 1.82) is 0 Å². The van der Waals surface area contributed by atoms with Gasteiger partial charge in [0.15, 0.2) is 0 Å². The summed E-state index contributed by atoms with van der Waals surface area (Å²) in [4.78, 5) is 26.7. The number of methoxy groups -OCH3 is 1. The first-order valence-corrected chi connectivity index (χ1v) is 12.2. The zero-order valence-electron chi connectivity index (χ0n) is 19.7. The Morgan fingerprint density at radius 1 is 0.971 bits per heavy atom. The summed E-state index contributed by atoms with van der Waals surface area (Å²) in [6.45, 7) is 6.07. The van der Waals surface area contributed by atoms with E-state index in [1.54, 1.807) is 25.3 Å². The maximum Gasteiger partial charge on any atom is 0.242 e. The first-order chi connectivity index (χ1) is 16.1. The van der Waals surface area contributed by atoms with Gasteiger partial charge in [0.2, 0.25) is 11.8 Å². The summed E-state index contributed by atoms with van der Waals surface area (Å²) in [6, 6.07) is 22.2. The van der Waals surface area contributed by atoms with E-state index >= 15 is 0 Å². The van der Waals surface area contributed by atoms with E-state index in [-0.39, 0.29) is 17.2 Å². The van der Waals surface area contributed by atoms with E-state index < -0.39 is 5.25 Å². The number of amides is 2. The van der Waals surface area contributed by atoms with E-state index in [1.165, 1.54) is 11.8 Å². The molecule has 3 aromatic carbocycles. The molecule has 0 aliphatic rings. The van der Waals surface area contributed by atoms with Crippen molar-refractivity contribution >= 4 is 46.6 Å². The number of thioether (sulfide) groups is 1. The quantitative estimate of drug-likeness (QED) is 0.324. The average molecular weight is 497 g/mol. The normalized spacial score (nSPS) is 12.0. The molecule has 0 bridgehead atoms. The Kier molecular flexibility index (Phi) is 8.64. The molecule has 0 saturated carbocycles. The lowest BCUT2D eigenvalue weighted by Crippen LogP contribution is -2.20. The zero-order chi connectivity index (χ0) is 24.7. The number of ether oxygens (including phenoxy) is 1. The minimum Gasteiger partial charge on any atom is -0.495 e. The van der Waals surface area contributed by atoms with Crippen LogP contribution in [0, 0.1) is 5.41 Å². The maximum absolute atomic E-state index is 13.4. The van der Waals surface area contributed by atoms with E-state index in [9.17, 15) is 9.59 Å². The van der Waals surface area contributed by atoms with Crippen LogP contribution in [0.2, 0.25) is 5.02 Å². The van der Waals surface area contributed by atoms with Gasteiger partial charge < -0.3 is 15.4 Å². The molecule has 3 rings (SSSR count). The lowest BCUT2D eigenvalue weighted by Gasteiger charge is -2.19. The van der Waals surface area contributed by atoms with Gasteiger partial charge in [-0.25, -0.2) is 0 Å². The van der Waals surface area contributed by atoms with Gasteiger partial charge in [-0.3, -0.25) is 9.59 Å². The van der Waals surface area contributed by atoms with Crippen LogP contribution < -0.4 is 15.4 Å². The summed E-state index contributed by atoms with van der Waals surface area (Å²) < 4.78 is 5.37. The van der Waals surface area contributed by atoms with Gasteiger partial charge in [-0.15, -0.1) is 11.8 Å². The van der Waals surface area contributed by atoms with Gasteiger partial charge in [0, 0.05) is 22.0 Å². The Bertz CT molecular complexity index is 1150. The van der Waals surface area contributed by atoms with Crippen LogP contribution in [0.15, 0.2) is 77.7 Å². The Labute approximate surface area is 210 Å². The van der Waals surface area contributed by atoms with Crippen LogP contribution in [-0.2, 0) is 9.59 Å². The molecule has 0 heterocycles. The summed E-state index contributed by atoms with van der Waals surface area (Å²) in [6.07, 6.45) is 0.418. The molecular formula is C27H29ClN2O3S. The van der Waals surface area contributed by atoms with Crippen LogP contribution >= 0.6 is 23.4 Å². The second-order valence-electron chi connectivity index (χ2n) is 9.06. The van der Waals surface area contributed by atoms with Gasteiger partial charge in [0.25, 0.3) is 0 Å². The van der Waals surface area contributed by atoms with Gasteiger partial charge in [-0.2, -0.15) is 0 Å². The van der Waals surface area contributed by atoms with Crippen molar-refractivity contribution in [1.82, 2.24) is 0 Å². The topological polar surface area (TPSA) is 67.4 Å². The van der Waals surface area contributed by atoms with Crippen molar-refractivity contribution in [2.24, 2.45) is 5.41 Å². The molecule has 5 nitrogen and oxygen atoms in total. The number of benzene rings is 3. The number of anilines is 2. The van der Waals surface area contributed by atoms with Gasteiger partial charge in [-0.1, -0.05) is 68.8 Å². The smallest absolute Gasteiger partial charge is 0.242 e. The molecule has 3 aromatic rings. The zero-order valence-corrected chi connectivity index (χ0v) is 21.3. The molecule has 2 amide bonds. The second kappa shape index (κ2) is 11.4. The summed E-state index contributed by atoms with van der Waals surface area (Å²) in [5.74, 6) is 0.275. The molecule has 0 fully saturated rings. The molecule has 7 heteroatoms. The summed E-state index contributed by atoms with van der Waals surface area (Å²) in [7, 11) is 1.54. The largest absolute Gasteiger partial charge is 0.495 e. The lowest BCUT2D eigenvalue weighted by molar-refractivity contribution is -0.118. The fourth-order valence-corrected chi connectivity index (χ4v) is 4.60. The van der Waals surface area contributed by atoms with E-state index in [4.69, 9.17) is 16.3 Å². The molecule has 178 valence electrons. The van der Waals surface area contributed by atoms with E-state index in [0.29, 0.717) is 28.6 Å². The molecule has 1 unspecified atom stereocenters. The number of carbonyl (C=O) groups excluding carboxylic acids is 2. The van der Waals surface area contributed by atoms with Crippen molar-refractivity contribution in [3.63, 3.8) is 0 Å². The second-order valence-corrected chi connectivity index (χ2v) is 10.7. The first kappa shape index (κ1) is 25.7. The minimum atomic E-state index is -0.537. The number of nitrogens with one attached hydrogen (secondary N) is 2. The lowest BCUT2D eigenvalue weighted by atomic mass is 9.92. The van der Waals surface area contributed by atoms with Gasteiger partial charge >= 0.3 is 0 Å². The van der Waals surface area contributed by atoms with Crippen molar-refractivity contribution in [2.75, 3.05) is 17.7 Å². The first-order valence-electron chi connectivity index (χ1n) is 10.9. The third-order valence-corrected chi connectivity index (χ3v) is 6.31. The molecule has 2 N–H and O–H groups in total. The van der Waals surface area contributed by atoms with Crippen LogP contribution in [0.5, 0.6) is 5.75 Å². The third kappa shape index (κ3) is 7.54. The van der Waals surface area contributed by atoms with E-state index in [2.05, 4.69) is 10.6 Å². The summed E-state index contributed by atoms with van der Waals surface area (Å²) in [5, 5.41) is 5.88. The highest BCUT2D eigenvalue weighted by molar-refractivity contribution is 8.00. The van der Waals surface area contributed by atoms with Crippen LogP contribution in [0.25, 0.3) is 0 Å². The molecular weight excluding hydrogens is 468 g/mol. The Morgan fingerprint density at radius 2 is 1.71 bits per heavy atom. The third-order valence-electron chi connectivity index (χ3n) is 4.82. The molecule has 0 radical (unpaired) electrons. The fraction of sp³-hybridized carbons (Fsp3) is 0.259. The van der Waals surface area contributed by atoms with Crippen molar-refractivity contribution in [2.45, 2.75) is 37.3 Å². The van der Waals surface area contributed by atoms with Crippen molar-refractivity contribution < 1.29 is 14.3 Å². The average Bonchev–Trinajstić information content (AvgIpc) is 2.77. The van der Waals surface area contributed by atoms with Gasteiger partial charge in [0.05, 0.1) is 12.8 Å². The number of hydrogen-bond donors (Lipinski definition) is 2. The van der Waals surface area contributed by atoms with Crippen LogP contribution in [0.4, 0.5) is 11.4 Å². The summed E-state index contributed by atoms with van der Waals surface area (Å²) in [5.41, 5.74) is 1.95. The number of halogens is 1. The highest BCUT2D eigenvalue weighted by Crippen LogP contribution is 2.38. The Hall–Kier alpha value is -2.96. The maximum atomic E-state index is 13.4. The van der Waals surface area contributed by atoms with Crippen molar-refractivity contribution in [3.8, 4) is 5.75 Å². The SMILES string of the molecule is COc1ccc(Cl)cc1NC(=O)C(Sc1cccc(NC(=O)CC(C)(C)C)c1)c1ccccc1. The number of carbonyl (C=O) groups is 2. The molecule has 34 heavy (non-hydrogen) atoms. The standard InChI is InChI=1S/C27H29ClN2O3S/c1-27(2,3)17-24(31)29-20-11-8-12-21(16-20)34-25(18-9-6-5-7-10-18)26(32)30-22-15-19(28)13-14-23(22)33-4/h5-16,25H,17H2,1-4H3,(H,29,31)(H,30,32). The number of rotatable bonds is 8. The molecule has 0 saturated heterocycles. The van der Waals surface area contributed by atoms with Crippen LogP contribution in [-0.4, -0.2) is 18.9 Å². The fourth-order valence-electron chi connectivity index (χ4n) is 3.35. The molecule has 1 atom stereocenters. The molecule has 0 aliphatic carbocycles. The summed E-state index contributed by atoms with van der Waals surface area (Å²) >= 11 is 7.54. The molecule has 0 spiro atoms. The van der Waals surface area contributed by atoms with E-state index in [1.807, 2.05) is 75.4 Å². The molecule has 0 aliphatic heterocycles. The van der Waals surface area contributed by atoms with Crippen LogP contribution in [0.1, 0.15) is 38.0 Å². The molecule has 0 aromatic heterocycles. The number of hydrogen-bond acceptors (Lipinski definition) is 4. The Morgan fingerprint density at radius 3 is 2.38 bits per heavy atom. The highest BCUT2D eigenvalue weighted by Gasteiger charge is 2.24. The van der Waals surface area contributed by atoms with Gasteiger partial charge in [-0.05, 0) is 47.4 Å². The predicted molar refractivity (Wildman–Crippen MR) is 141 cm³/mol. The van der Waals surface area contributed by atoms with Gasteiger partial charge in [0.1, 0.15) is 11.0 Å². The minimum absolute atomic E-state index is 0.0416. The monoisotopic (exact) mass is 496 g/mol. The highest BCUT2D eigenvalue weighted by atomic mass is 35.5. The predicted octanol–water partition coefficient (Wildman–Crippen LogP) is 7.20. The van der Waals surface area contributed by atoms with Crippen molar-refractivity contribution in [3.05, 3.63) is 83.4 Å². The van der Waals surface area contributed by atoms with Crippen LogP contribution in [0.3, 0.4) is 0 Å². The Balaban J connectivity index is 1.83.